The minimum atomic E-state index is -3.77. The number of hydrogen-bond donors (Lipinski definition) is 1. The van der Waals surface area contributed by atoms with E-state index in [1.165, 1.54) is 10.4 Å². The van der Waals surface area contributed by atoms with E-state index in [4.69, 9.17) is 0 Å². The maximum Gasteiger partial charge on any atom is 0.329 e. The van der Waals surface area contributed by atoms with Gasteiger partial charge in [0.1, 0.15) is 10.3 Å². The van der Waals surface area contributed by atoms with Gasteiger partial charge in [-0.1, -0.05) is 24.3 Å². The number of benzene rings is 1. The molecule has 2 aromatic rings. The zero-order valence-electron chi connectivity index (χ0n) is 13.0. The lowest BCUT2D eigenvalue weighted by Gasteiger charge is -2.36. The van der Waals surface area contributed by atoms with Gasteiger partial charge in [0, 0.05) is 6.54 Å². The molecular weight excluding hydrogens is 362 g/mol. The van der Waals surface area contributed by atoms with Gasteiger partial charge in [-0.05, 0) is 30.0 Å². The highest BCUT2D eigenvalue weighted by Crippen LogP contribution is 2.33. The van der Waals surface area contributed by atoms with E-state index in [-0.39, 0.29) is 10.8 Å². The zero-order chi connectivity index (χ0) is 17.6. The van der Waals surface area contributed by atoms with E-state index in [9.17, 15) is 18.0 Å². The summed E-state index contributed by atoms with van der Waals surface area (Å²) in [7, 11) is -3.77. The number of anilines is 1. The van der Waals surface area contributed by atoms with Crippen molar-refractivity contribution in [3.8, 4) is 0 Å². The molecule has 4 rings (SSSR count). The van der Waals surface area contributed by atoms with Gasteiger partial charge >= 0.3 is 6.03 Å². The van der Waals surface area contributed by atoms with Gasteiger partial charge in [0.05, 0.1) is 11.7 Å². The van der Waals surface area contributed by atoms with Crippen LogP contribution in [0.2, 0.25) is 0 Å². The Balaban J connectivity index is 1.72. The van der Waals surface area contributed by atoms with Crippen molar-refractivity contribution in [1.82, 2.24) is 9.62 Å². The summed E-state index contributed by atoms with van der Waals surface area (Å²) in [6, 6.07) is 9.73. The van der Waals surface area contributed by atoms with E-state index < -0.39 is 34.0 Å². The van der Waals surface area contributed by atoms with Crippen molar-refractivity contribution in [2.24, 2.45) is 0 Å². The standard InChI is InChI=1S/C16H15N3O4S2/c20-15-14-12(17-16(21)19(15)11-5-2-1-3-6-11)8-9-18(14)25(22,23)13-7-4-10-24-13/h1-7,10,12,14H,8-9H2,(H,17,21). The third-order valence-corrected chi connectivity index (χ3v) is 7.66. The third-order valence-electron chi connectivity index (χ3n) is 4.41. The molecule has 2 atom stereocenters. The first-order valence-electron chi connectivity index (χ1n) is 7.75. The Morgan fingerprint density at radius 1 is 1.08 bits per heavy atom. The molecular formula is C16H15N3O4S2. The molecule has 3 heterocycles. The topological polar surface area (TPSA) is 86.8 Å². The fraction of sp³-hybridized carbons (Fsp3) is 0.250. The van der Waals surface area contributed by atoms with Crippen LogP contribution in [0.3, 0.4) is 0 Å². The number of para-hydroxylation sites is 1. The van der Waals surface area contributed by atoms with E-state index in [1.54, 1.807) is 41.8 Å². The molecule has 25 heavy (non-hydrogen) atoms. The van der Waals surface area contributed by atoms with Crippen molar-refractivity contribution in [2.75, 3.05) is 11.4 Å². The van der Waals surface area contributed by atoms with E-state index in [2.05, 4.69) is 5.32 Å². The van der Waals surface area contributed by atoms with Gasteiger partial charge in [-0.15, -0.1) is 11.3 Å². The molecule has 1 aromatic heterocycles. The van der Waals surface area contributed by atoms with Crippen molar-refractivity contribution in [1.29, 1.82) is 0 Å². The van der Waals surface area contributed by atoms with Gasteiger partial charge in [-0.2, -0.15) is 4.31 Å². The van der Waals surface area contributed by atoms with Gasteiger partial charge in [0.2, 0.25) is 0 Å². The van der Waals surface area contributed by atoms with Crippen molar-refractivity contribution in [2.45, 2.75) is 22.7 Å². The van der Waals surface area contributed by atoms with Gasteiger partial charge in [-0.25, -0.2) is 18.1 Å². The lowest BCUT2D eigenvalue weighted by Crippen LogP contribution is -2.64. The Hall–Kier alpha value is -2.23. The Morgan fingerprint density at radius 2 is 1.84 bits per heavy atom. The Morgan fingerprint density at radius 3 is 2.52 bits per heavy atom. The summed E-state index contributed by atoms with van der Waals surface area (Å²) in [6.07, 6.45) is 0.412. The highest BCUT2D eigenvalue weighted by molar-refractivity contribution is 7.91. The Bertz CT molecular complexity index is 912. The summed E-state index contributed by atoms with van der Waals surface area (Å²) in [5.41, 5.74) is 0.420. The number of fused-ring (bicyclic) bond motifs is 1. The highest BCUT2D eigenvalue weighted by Gasteiger charge is 2.52. The molecule has 130 valence electrons. The van der Waals surface area contributed by atoms with Gasteiger partial charge in [-0.3, -0.25) is 4.79 Å². The number of carbonyl (C=O) groups excluding carboxylic acids is 2. The maximum absolute atomic E-state index is 13.0. The van der Waals surface area contributed by atoms with E-state index in [1.807, 2.05) is 0 Å². The van der Waals surface area contributed by atoms with Crippen molar-refractivity contribution < 1.29 is 18.0 Å². The minimum absolute atomic E-state index is 0.198. The molecule has 0 bridgehead atoms. The minimum Gasteiger partial charge on any atom is -0.332 e. The number of imide groups is 1. The molecule has 0 aliphatic carbocycles. The van der Waals surface area contributed by atoms with Gasteiger partial charge in [0.15, 0.2) is 0 Å². The fourth-order valence-electron chi connectivity index (χ4n) is 3.28. The molecule has 7 nitrogen and oxygen atoms in total. The van der Waals surface area contributed by atoms with Crippen LogP contribution in [-0.2, 0) is 14.8 Å². The second-order valence-corrected chi connectivity index (χ2v) is 8.91. The van der Waals surface area contributed by atoms with Crippen LogP contribution in [0.15, 0.2) is 52.1 Å². The Labute approximate surface area is 148 Å². The molecule has 1 N–H and O–H groups in total. The highest BCUT2D eigenvalue weighted by atomic mass is 32.2. The number of sulfonamides is 1. The molecule has 2 saturated heterocycles. The quantitative estimate of drug-likeness (QED) is 0.881. The lowest BCUT2D eigenvalue weighted by atomic mass is 10.1. The number of rotatable bonds is 3. The lowest BCUT2D eigenvalue weighted by molar-refractivity contribution is -0.122. The summed E-state index contributed by atoms with van der Waals surface area (Å²) in [4.78, 5) is 26.4. The molecule has 0 radical (unpaired) electrons. The van der Waals surface area contributed by atoms with Crippen LogP contribution in [0.5, 0.6) is 0 Å². The van der Waals surface area contributed by atoms with E-state index >= 15 is 0 Å². The number of thiophene rings is 1. The van der Waals surface area contributed by atoms with Crippen LogP contribution >= 0.6 is 11.3 Å². The van der Waals surface area contributed by atoms with Crippen LogP contribution in [0.1, 0.15) is 6.42 Å². The van der Waals surface area contributed by atoms with E-state index in [0.717, 1.165) is 16.2 Å². The summed E-state index contributed by atoms with van der Waals surface area (Å²) in [6.45, 7) is 0.199. The Kier molecular flexibility index (Phi) is 3.86. The number of nitrogens with one attached hydrogen (secondary N) is 1. The number of carbonyl (C=O) groups is 2. The second-order valence-electron chi connectivity index (χ2n) is 5.85. The summed E-state index contributed by atoms with van der Waals surface area (Å²) >= 11 is 1.11. The largest absolute Gasteiger partial charge is 0.332 e. The fourth-order valence-corrected chi connectivity index (χ4v) is 6.04. The van der Waals surface area contributed by atoms with Crippen LogP contribution in [0, 0.1) is 0 Å². The number of nitrogens with zero attached hydrogens (tertiary/aromatic N) is 2. The molecule has 1 aromatic carbocycles. The van der Waals surface area contributed by atoms with Crippen molar-refractivity contribution in [3.63, 3.8) is 0 Å². The first kappa shape index (κ1) is 16.2. The monoisotopic (exact) mass is 377 g/mol. The number of hydrogen-bond acceptors (Lipinski definition) is 5. The molecule has 2 unspecified atom stereocenters. The van der Waals surface area contributed by atoms with E-state index in [0.29, 0.717) is 12.1 Å². The zero-order valence-corrected chi connectivity index (χ0v) is 14.7. The maximum atomic E-state index is 13.0. The number of amides is 3. The third kappa shape index (κ3) is 2.55. The SMILES string of the molecule is O=C1NC2CCN(S(=O)(=O)c3cccs3)C2C(=O)N1c1ccccc1. The normalized spacial score (nSPS) is 24.2. The van der Waals surface area contributed by atoms with Crippen molar-refractivity contribution >= 4 is 39.0 Å². The predicted molar refractivity (Wildman–Crippen MR) is 92.9 cm³/mol. The summed E-state index contributed by atoms with van der Waals surface area (Å²) in [5.74, 6) is -0.516. The second kappa shape index (κ2) is 5.94. The molecule has 2 fully saturated rings. The molecule has 3 amide bonds. The average Bonchev–Trinajstić information content (AvgIpc) is 3.26. The van der Waals surface area contributed by atoms with Crippen LogP contribution < -0.4 is 10.2 Å². The first-order chi connectivity index (χ1) is 12.0. The smallest absolute Gasteiger partial charge is 0.329 e. The van der Waals surface area contributed by atoms with Crippen LogP contribution in [-0.4, -0.2) is 43.3 Å². The van der Waals surface area contributed by atoms with Gasteiger partial charge < -0.3 is 5.32 Å². The molecule has 0 saturated carbocycles. The van der Waals surface area contributed by atoms with Gasteiger partial charge in [0.25, 0.3) is 15.9 Å². The molecule has 2 aliphatic rings. The van der Waals surface area contributed by atoms with Crippen LogP contribution in [0.25, 0.3) is 0 Å². The predicted octanol–water partition coefficient (Wildman–Crippen LogP) is 1.64. The number of urea groups is 1. The first-order valence-corrected chi connectivity index (χ1v) is 10.1. The summed E-state index contributed by atoms with van der Waals surface area (Å²) in [5, 5.41) is 4.45. The molecule has 0 spiro atoms. The van der Waals surface area contributed by atoms with Crippen LogP contribution in [0.4, 0.5) is 10.5 Å². The summed E-state index contributed by atoms with van der Waals surface area (Å²) < 4.78 is 27.2. The molecule has 2 aliphatic heterocycles. The molecule has 9 heteroatoms. The average molecular weight is 377 g/mol. The van der Waals surface area contributed by atoms with Crippen molar-refractivity contribution in [3.05, 3.63) is 47.8 Å².